The molecule has 0 amide bonds. The second-order valence-electron chi connectivity index (χ2n) is 10.6. The normalized spacial score (nSPS) is 14.0. The van der Waals surface area contributed by atoms with E-state index in [1.54, 1.807) is 13.1 Å². The first-order valence-electron chi connectivity index (χ1n) is 14.2. The van der Waals surface area contributed by atoms with Crippen LogP contribution in [0.25, 0.3) is 11.1 Å². The lowest BCUT2D eigenvalue weighted by Gasteiger charge is -2.17. The number of aliphatic imine (C=N–C) groups is 1. The first-order chi connectivity index (χ1) is 20.4. The molecular weight excluding hydrogens is 529 g/mol. The molecule has 3 aromatic carbocycles. The van der Waals surface area contributed by atoms with Gasteiger partial charge in [0.25, 0.3) is 0 Å². The Morgan fingerprint density at radius 3 is 2.67 bits per heavy atom. The van der Waals surface area contributed by atoms with Gasteiger partial charge in [-0.05, 0) is 78.1 Å². The molecule has 9 heteroatoms. The van der Waals surface area contributed by atoms with Gasteiger partial charge in [0, 0.05) is 86.6 Å². The van der Waals surface area contributed by atoms with Gasteiger partial charge < -0.3 is 36.4 Å². The SMILES string of the molecule is CN=C(Nc1ccc(NCc2cccc(F)c2)c(C=N)c1)c1cc(-c2ccn(CC(O)CNC3CC3)c2)ccc1NC. The molecule has 1 aliphatic carbocycles. The van der Waals surface area contributed by atoms with E-state index >= 15 is 0 Å². The van der Waals surface area contributed by atoms with E-state index in [0.717, 1.165) is 39.3 Å². The van der Waals surface area contributed by atoms with Crippen molar-refractivity contribution in [3.63, 3.8) is 0 Å². The quantitative estimate of drug-likeness (QED) is 0.0938. The van der Waals surface area contributed by atoms with Crippen LogP contribution < -0.4 is 21.3 Å². The monoisotopic (exact) mass is 567 g/mol. The number of aliphatic hydroxyl groups is 1. The predicted octanol–water partition coefficient (Wildman–Crippen LogP) is 5.55. The number of amidine groups is 1. The molecule has 1 aromatic heterocycles. The molecule has 0 spiro atoms. The average Bonchev–Trinajstić information content (AvgIpc) is 3.73. The van der Waals surface area contributed by atoms with Gasteiger partial charge in [0.05, 0.1) is 6.10 Å². The standard InChI is InChI=1S/C33H38FN7O/c1-36-32-10-6-23(24-12-13-41(20-24)21-29(42)19-38-27-7-8-27)16-30(32)33(37-2)40-28-9-11-31(25(15-28)17-35)39-18-22-4-3-5-26(34)14-22/h3-6,9-17,20,27,29,35-36,38-39,42H,7-8,18-19,21H2,1-2H3,(H,37,40). The molecule has 218 valence electrons. The number of halogens is 1. The predicted molar refractivity (Wildman–Crippen MR) is 171 cm³/mol. The van der Waals surface area contributed by atoms with Crippen LogP contribution in [0.5, 0.6) is 0 Å². The molecule has 6 N–H and O–H groups in total. The summed E-state index contributed by atoms with van der Waals surface area (Å²) in [6, 6.07) is 21.0. The van der Waals surface area contributed by atoms with Gasteiger partial charge in [-0.15, -0.1) is 0 Å². The fourth-order valence-electron chi connectivity index (χ4n) is 4.91. The average molecular weight is 568 g/mol. The molecule has 42 heavy (non-hydrogen) atoms. The fourth-order valence-corrected chi connectivity index (χ4v) is 4.91. The highest BCUT2D eigenvalue weighted by Crippen LogP contribution is 2.28. The van der Waals surface area contributed by atoms with Crippen LogP contribution in [0.2, 0.25) is 0 Å². The minimum Gasteiger partial charge on any atom is -0.390 e. The van der Waals surface area contributed by atoms with Crippen molar-refractivity contribution >= 4 is 29.1 Å². The van der Waals surface area contributed by atoms with E-state index < -0.39 is 6.10 Å². The van der Waals surface area contributed by atoms with Gasteiger partial charge >= 0.3 is 0 Å². The van der Waals surface area contributed by atoms with Gasteiger partial charge in [-0.2, -0.15) is 0 Å². The molecule has 0 bridgehead atoms. The van der Waals surface area contributed by atoms with Gasteiger partial charge in [0.1, 0.15) is 11.7 Å². The van der Waals surface area contributed by atoms with Crippen LogP contribution in [0, 0.1) is 11.2 Å². The van der Waals surface area contributed by atoms with E-state index in [1.807, 2.05) is 48.1 Å². The van der Waals surface area contributed by atoms with Crippen molar-refractivity contribution in [2.45, 2.75) is 38.1 Å². The number of rotatable bonds is 13. The maximum absolute atomic E-state index is 13.6. The summed E-state index contributed by atoms with van der Waals surface area (Å²) >= 11 is 0. The zero-order valence-corrected chi connectivity index (χ0v) is 24.0. The molecule has 1 unspecified atom stereocenters. The molecule has 8 nitrogen and oxygen atoms in total. The van der Waals surface area contributed by atoms with Crippen molar-refractivity contribution in [1.29, 1.82) is 5.41 Å². The maximum Gasteiger partial charge on any atom is 0.134 e. The third-order valence-corrected chi connectivity index (χ3v) is 7.33. The van der Waals surface area contributed by atoms with Crippen LogP contribution in [0.15, 0.2) is 84.1 Å². The van der Waals surface area contributed by atoms with Crippen LogP contribution >= 0.6 is 0 Å². The largest absolute Gasteiger partial charge is 0.390 e. The second-order valence-corrected chi connectivity index (χ2v) is 10.6. The molecule has 1 aliphatic rings. The van der Waals surface area contributed by atoms with Crippen LogP contribution in [-0.2, 0) is 13.1 Å². The topological polar surface area (TPSA) is 109 Å². The van der Waals surface area contributed by atoms with Crippen molar-refractivity contribution in [2.75, 3.05) is 36.6 Å². The molecular formula is C33H38FN7O. The van der Waals surface area contributed by atoms with Crippen molar-refractivity contribution in [2.24, 2.45) is 4.99 Å². The molecule has 4 aromatic rings. The third-order valence-electron chi connectivity index (χ3n) is 7.33. The highest BCUT2D eigenvalue weighted by atomic mass is 19.1. The summed E-state index contributed by atoms with van der Waals surface area (Å²) in [6.07, 6.45) is 7.31. The Morgan fingerprint density at radius 1 is 1.10 bits per heavy atom. The lowest BCUT2D eigenvalue weighted by Crippen LogP contribution is -2.31. The van der Waals surface area contributed by atoms with E-state index in [-0.39, 0.29) is 5.82 Å². The van der Waals surface area contributed by atoms with E-state index in [2.05, 4.69) is 50.7 Å². The lowest BCUT2D eigenvalue weighted by atomic mass is 10.0. The van der Waals surface area contributed by atoms with E-state index in [1.165, 1.54) is 31.2 Å². The zero-order chi connectivity index (χ0) is 29.5. The van der Waals surface area contributed by atoms with Crippen molar-refractivity contribution in [3.05, 3.63) is 102 Å². The Bertz CT molecular complexity index is 1560. The molecule has 0 aliphatic heterocycles. The highest BCUT2D eigenvalue weighted by Gasteiger charge is 2.21. The van der Waals surface area contributed by atoms with Crippen LogP contribution in [0.4, 0.5) is 21.5 Å². The van der Waals surface area contributed by atoms with E-state index in [4.69, 9.17) is 5.41 Å². The molecule has 5 rings (SSSR count). The Balaban J connectivity index is 1.30. The molecule has 1 fully saturated rings. The first kappa shape index (κ1) is 29.0. The zero-order valence-electron chi connectivity index (χ0n) is 24.0. The fraction of sp³-hybridized carbons (Fsp3) is 0.273. The van der Waals surface area contributed by atoms with Gasteiger partial charge in [0.2, 0.25) is 0 Å². The summed E-state index contributed by atoms with van der Waals surface area (Å²) in [5, 5.41) is 31.7. The molecule has 1 saturated carbocycles. The number of hydrogen-bond acceptors (Lipinski definition) is 6. The third kappa shape index (κ3) is 7.43. The summed E-state index contributed by atoms with van der Waals surface area (Å²) in [5.74, 6) is 0.407. The van der Waals surface area contributed by atoms with E-state index in [9.17, 15) is 9.50 Å². The number of nitrogens with one attached hydrogen (secondary N) is 5. The van der Waals surface area contributed by atoms with E-state index in [0.29, 0.717) is 37.1 Å². The number of benzene rings is 3. The Morgan fingerprint density at radius 2 is 1.93 bits per heavy atom. The van der Waals surface area contributed by atoms with Crippen LogP contribution in [0.1, 0.15) is 29.5 Å². The van der Waals surface area contributed by atoms with Gasteiger partial charge in [-0.3, -0.25) is 4.99 Å². The van der Waals surface area contributed by atoms with Crippen molar-refractivity contribution in [1.82, 2.24) is 9.88 Å². The van der Waals surface area contributed by atoms with Gasteiger partial charge in [0.15, 0.2) is 0 Å². The summed E-state index contributed by atoms with van der Waals surface area (Å²) < 4.78 is 15.6. The van der Waals surface area contributed by atoms with Crippen LogP contribution in [0.3, 0.4) is 0 Å². The molecule has 0 radical (unpaired) electrons. The Hall–Kier alpha value is -4.47. The smallest absolute Gasteiger partial charge is 0.134 e. The lowest BCUT2D eigenvalue weighted by molar-refractivity contribution is 0.151. The summed E-state index contributed by atoms with van der Waals surface area (Å²) in [5.41, 5.74) is 7.01. The van der Waals surface area contributed by atoms with Gasteiger partial charge in [-0.25, -0.2) is 4.39 Å². The maximum atomic E-state index is 13.6. The number of aliphatic hydroxyl groups excluding tert-OH is 1. The van der Waals surface area contributed by atoms with Crippen molar-refractivity contribution < 1.29 is 9.50 Å². The number of anilines is 3. The summed E-state index contributed by atoms with van der Waals surface area (Å²) in [7, 11) is 3.62. The number of nitrogens with zero attached hydrogens (tertiary/aromatic N) is 2. The summed E-state index contributed by atoms with van der Waals surface area (Å²) in [6.45, 7) is 1.58. The minimum absolute atomic E-state index is 0.273. The van der Waals surface area contributed by atoms with Gasteiger partial charge in [-0.1, -0.05) is 18.2 Å². The Kier molecular flexibility index (Phi) is 9.31. The van der Waals surface area contributed by atoms with Crippen molar-refractivity contribution in [3.8, 4) is 11.1 Å². The Labute approximate surface area is 246 Å². The molecule has 1 atom stereocenters. The summed E-state index contributed by atoms with van der Waals surface area (Å²) in [4.78, 5) is 4.56. The minimum atomic E-state index is -0.440. The number of aromatic nitrogens is 1. The van der Waals surface area contributed by atoms with Crippen LogP contribution in [-0.4, -0.2) is 54.5 Å². The highest BCUT2D eigenvalue weighted by molar-refractivity contribution is 6.12. The number of hydrogen-bond donors (Lipinski definition) is 6. The first-order valence-corrected chi connectivity index (χ1v) is 14.2. The second kappa shape index (κ2) is 13.5. The molecule has 1 heterocycles. The molecule has 0 saturated heterocycles.